The summed E-state index contributed by atoms with van der Waals surface area (Å²) in [7, 11) is 0. The third-order valence-corrected chi connectivity index (χ3v) is 5.20. The van der Waals surface area contributed by atoms with Gasteiger partial charge in [-0.1, -0.05) is 0 Å². The number of carboxylic acids is 1. The first kappa shape index (κ1) is 30.4. The SMILES string of the molecule is NCC(=O)NCC(=O)NCCC(=O)N[C@@H](Cc1cnc[nH]1)C(=O)NCCC(=O)N[C@@H](Cc1cnc[nH]1)C(=O)O. The van der Waals surface area contributed by atoms with Gasteiger partial charge in [-0.2, -0.15) is 0 Å². The van der Waals surface area contributed by atoms with Gasteiger partial charge < -0.3 is 47.4 Å². The van der Waals surface area contributed by atoms with E-state index >= 15 is 0 Å². The highest BCUT2D eigenvalue weighted by Gasteiger charge is 2.23. The molecule has 212 valence electrons. The Bertz CT molecular complexity index is 1100. The van der Waals surface area contributed by atoms with Crippen LogP contribution in [0.4, 0.5) is 0 Å². The Morgan fingerprint density at radius 3 is 1.82 bits per heavy atom. The normalized spacial score (nSPS) is 12.0. The summed E-state index contributed by atoms with van der Waals surface area (Å²) >= 11 is 0. The number of nitrogens with one attached hydrogen (secondary N) is 7. The van der Waals surface area contributed by atoms with E-state index in [-0.39, 0.29) is 51.9 Å². The monoisotopic (exact) mass is 548 g/mol. The highest BCUT2D eigenvalue weighted by molar-refractivity contribution is 5.89. The zero-order chi connectivity index (χ0) is 28.6. The molecule has 17 nitrogen and oxygen atoms in total. The number of aromatic amines is 2. The summed E-state index contributed by atoms with van der Waals surface area (Å²) in [4.78, 5) is 84.9. The maximum atomic E-state index is 12.8. The molecule has 2 atom stereocenters. The molecule has 0 radical (unpaired) electrons. The van der Waals surface area contributed by atoms with Gasteiger partial charge in [0.1, 0.15) is 12.1 Å². The van der Waals surface area contributed by atoms with Crippen molar-refractivity contribution >= 4 is 35.5 Å². The topological polar surface area (TPSA) is 266 Å². The van der Waals surface area contributed by atoms with Crippen molar-refractivity contribution in [3.8, 4) is 0 Å². The minimum atomic E-state index is -1.22. The van der Waals surface area contributed by atoms with Crippen molar-refractivity contribution in [2.45, 2.75) is 37.8 Å². The van der Waals surface area contributed by atoms with E-state index in [1.165, 1.54) is 25.0 Å². The Morgan fingerprint density at radius 1 is 0.769 bits per heavy atom. The van der Waals surface area contributed by atoms with Crippen LogP contribution in [0.15, 0.2) is 25.0 Å². The number of carbonyl (C=O) groups excluding carboxylic acids is 5. The molecule has 0 spiro atoms. The number of carbonyl (C=O) groups is 6. The minimum Gasteiger partial charge on any atom is -0.480 e. The first-order chi connectivity index (χ1) is 18.7. The van der Waals surface area contributed by atoms with E-state index in [1.54, 1.807) is 0 Å². The van der Waals surface area contributed by atoms with Gasteiger partial charge in [-0.25, -0.2) is 14.8 Å². The third-order valence-electron chi connectivity index (χ3n) is 5.20. The second kappa shape index (κ2) is 16.1. The number of aromatic nitrogens is 4. The van der Waals surface area contributed by atoms with Gasteiger partial charge in [-0.05, 0) is 0 Å². The first-order valence-corrected chi connectivity index (χ1v) is 11.9. The lowest BCUT2D eigenvalue weighted by Crippen LogP contribution is -2.49. The van der Waals surface area contributed by atoms with Crippen LogP contribution in [-0.2, 0) is 41.6 Å². The Morgan fingerprint density at radius 2 is 1.31 bits per heavy atom. The molecule has 0 aromatic carbocycles. The van der Waals surface area contributed by atoms with Gasteiger partial charge in [0.15, 0.2) is 0 Å². The van der Waals surface area contributed by atoms with Crippen LogP contribution < -0.4 is 32.3 Å². The molecule has 0 aliphatic rings. The van der Waals surface area contributed by atoms with Crippen molar-refractivity contribution in [2.75, 3.05) is 26.2 Å². The zero-order valence-corrected chi connectivity index (χ0v) is 21.0. The van der Waals surface area contributed by atoms with Crippen LogP contribution in [0.2, 0.25) is 0 Å². The number of amides is 5. The van der Waals surface area contributed by atoms with E-state index in [4.69, 9.17) is 5.73 Å². The van der Waals surface area contributed by atoms with Gasteiger partial charge in [0, 0.05) is 62.6 Å². The van der Waals surface area contributed by atoms with Gasteiger partial charge in [0.25, 0.3) is 0 Å². The smallest absolute Gasteiger partial charge is 0.326 e. The molecule has 0 fully saturated rings. The molecule has 2 aromatic rings. The number of aliphatic carboxylic acids is 1. The predicted molar refractivity (Wildman–Crippen MR) is 133 cm³/mol. The Labute approximate surface area is 222 Å². The molecule has 10 N–H and O–H groups in total. The molecule has 17 heteroatoms. The molecule has 0 aliphatic heterocycles. The van der Waals surface area contributed by atoms with Crippen molar-refractivity contribution < 1.29 is 33.9 Å². The molecule has 5 amide bonds. The standard InChI is InChI=1S/C22H32N10O7/c23-7-19(35)28-10-20(36)26-3-1-17(33)31-15(5-13-8-24-11-29-13)21(37)27-4-2-18(34)32-16(22(38)39)6-14-9-25-12-30-14/h8-9,11-12,15-16H,1-7,10,23H2,(H,24,29)(H,25,30)(H,26,36)(H,27,37)(H,28,35)(H,31,33)(H,32,34)(H,38,39)/t15-,16-/m0/s1. The summed E-state index contributed by atoms with van der Waals surface area (Å²) in [6.07, 6.45) is 5.49. The molecule has 2 aromatic heterocycles. The lowest BCUT2D eigenvalue weighted by molar-refractivity contribution is -0.141. The van der Waals surface area contributed by atoms with E-state index in [2.05, 4.69) is 46.5 Å². The Balaban J connectivity index is 1.81. The van der Waals surface area contributed by atoms with Crippen LogP contribution >= 0.6 is 0 Å². The zero-order valence-electron chi connectivity index (χ0n) is 21.0. The third kappa shape index (κ3) is 11.9. The second-order valence-electron chi connectivity index (χ2n) is 8.26. The molecule has 0 aliphatic carbocycles. The van der Waals surface area contributed by atoms with Gasteiger partial charge >= 0.3 is 5.97 Å². The summed E-state index contributed by atoms with van der Waals surface area (Å²) in [5, 5.41) is 21.6. The van der Waals surface area contributed by atoms with Gasteiger partial charge in [-0.15, -0.1) is 0 Å². The number of nitrogens with two attached hydrogens (primary N) is 1. The summed E-state index contributed by atoms with van der Waals surface area (Å²) in [6.45, 7) is -0.687. The predicted octanol–water partition coefficient (Wildman–Crippen LogP) is -3.94. The van der Waals surface area contributed by atoms with Crippen LogP contribution in [0.25, 0.3) is 0 Å². The van der Waals surface area contributed by atoms with E-state index < -0.39 is 47.6 Å². The van der Waals surface area contributed by atoms with E-state index in [9.17, 15) is 33.9 Å². The van der Waals surface area contributed by atoms with Crippen molar-refractivity contribution in [3.05, 3.63) is 36.4 Å². The molecule has 2 rings (SSSR count). The van der Waals surface area contributed by atoms with E-state index in [0.717, 1.165) is 0 Å². The van der Waals surface area contributed by atoms with Gasteiger partial charge in [0.05, 0.1) is 25.7 Å². The molecule has 0 saturated carbocycles. The minimum absolute atomic E-state index is 0.00844. The molecule has 0 bridgehead atoms. The fourth-order valence-corrected chi connectivity index (χ4v) is 3.23. The Kier molecular flexibility index (Phi) is 12.6. The number of hydrogen-bond acceptors (Lipinski definition) is 9. The van der Waals surface area contributed by atoms with Crippen LogP contribution in [-0.4, -0.2) is 98.8 Å². The quantitative estimate of drug-likeness (QED) is 0.0926. The molecule has 0 saturated heterocycles. The Hall–Kier alpha value is -4.80. The van der Waals surface area contributed by atoms with Crippen molar-refractivity contribution in [1.29, 1.82) is 0 Å². The fraction of sp³-hybridized carbons (Fsp3) is 0.455. The van der Waals surface area contributed by atoms with Gasteiger partial charge in [0.2, 0.25) is 29.5 Å². The summed E-state index contributed by atoms with van der Waals surface area (Å²) < 4.78 is 0. The van der Waals surface area contributed by atoms with Crippen LogP contribution in [0.3, 0.4) is 0 Å². The number of nitrogens with zero attached hydrogens (tertiary/aromatic N) is 2. The van der Waals surface area contributed by atoms with Gasteiger partial charge in [-0.3, -0.25) is 24.0 Å². The van der Waals surface area contributed by atoms with Crippen molar-refractivity contribution in [1.82, 2.24) is 46.5 Å². The molecular weight excluding hydrogens is 516 g/mol. The molecule has 2 heterocycles. The highest BCUT2D eigenvalue weighted by atomic mass is 16.4. The lowest BCUT2D eigenvalue weighted by atomic mass is 10.1. The van der Waals surface area contributed by atoms with E-state index in [0.29, 0.717) is 11.4 Å². The maximum absolute atomic E-state index is 12.8. The average Bonchev–Trinajstić information content (AvgIpc) is 3.61. The maximum Gasteiger partial charge on any atom is 0.326 e. The van der Waals surface area contributed by atoms with Crippen molar-refractivity contribution in [3.63, 3.8) is 0 Å². The van der Waals surface area contributed by atoms with Crippen LogP contribution in [0.1, 0.15) is 24.2 Å². The number of H-pyrrole nitrogens is 2. The summed E-state index contributed by atoms with van der Waals surface area (Å²) in [5.41, 5.74) is 6.24. The largest absolute Gasteiger partial charge is 0.480 e. The van der Waals surface area contributed by atoms with E-state index in [1.807, 2.05) is 0 Å². The number of imidazole rings is 2. The number of rotatable bonds is 17. The lowest BCUT2D eigenvalue weighted by Gasteiger charge is -2.18. The number of hydrogen-bond donors (Lipinski definition) is 9. The molecular formula is C22H32N10O7. The summed E-state index contributed by atoms with van der Waals surface area (Å²) in [6, 6.07) is -2.20. The van der Waals surface area contributed by atoms with Crippen LogP contribution in [0, 0.1) is 0 Å². The second-order valence-corrected chi connectivity index (χ2v) is 8.26. The first-order valence-electron chi connectivity index (χ1n) is 11.9. The highest BCUT2D eigenvalue weighted by Crippen LogP contribution is 2.01. The molecule has 0 unspecified atom stereocenters. The summed E-state index contributed by atoms with van der Waals surface area (Å²) in [5.74, 6) is -3.92. The fourth-order valence-electron chi connectivity index (χ4n) is 3.23. The number of carboxylic acid groups (broad SMARTS) is 1. The van der Waals surface area contributed by atoms with Crippen molar-refractivity contribution in [2.24, 2.45) is 5.73 Å². The van der Waals surface area contributed by atoms with Crippen LogP contribution in [0.5, 0.6) is 0 Å². The molecule has 39 heavy (non-hydrogen) atoms. The average molecular weight is 549 g/mol.